The molecule has 6 heteroatoms. The van der Waals surface area contributed by atoms with Gasteiger partial charge in [0.2, 0.25) is 0 Å². The van der Waals surface area contributed by atoms with Gasteiger partial charge in [0.15, 0.2) is 17.1 Å². The van der Waals surface area contributed by atoms with Crippen molar-refractivity contribution in [3.63, 3.8) is 0 Å². The number of carbonyl (C=O) groups excluding carboxylic acids is 1. The van der Waals surface area contributed by atoms with Crippen molar-refractivity contribution < 1.29 is 13.9 Å². The summed E-state index contributed by atoms with van der Waals surface area (Å²) >= 11 is 0. The predicted octanol–water partition coefficient (Wildman–Crippen LogP) is 2.95. The molecule has 1 aliphatic rings. The number of para-hydroxylation sites is 1. The second-order valence-corrected chi connectivity index (χ2v) is 6.00. The second kappa shape index (κ2) is 6.03. The van der Waals surface area contributed by atoms with Crippen LogP contribution >= 0.6 is 0 Å². The molecule has 1 aliphatic carbocycles. The first-order valence-corrected chi connectivity index (χ1v) is 8.12. The molecule has 0 atom stereocenters. The summed E-state index contributed by atoms with van der Waals surface area (Å²) in [7, 11) is 1.58. The molecule has 0 aliphatic heterocycles. The smallest absolute Gasteiger partial charge is 0.287 e. The van der Waals surface area contributed by atoms with Gasteiger partial charge in [0.05, 0.1) is 7.11 Å². The number of rotatable bonds is 6. The highest BCUT2D eigenvalue weighted by atomic mass is 16.5. The molecule has 24 heavy (non-hydrogen) atoms. The van der Waals surface area contributed by atoms with Crippen LogP contribution in [0.4, 0.5) is 0 Å². The van der Waals surface area contributed by atoms with E-state index in [2.05, 4.69) is 14.9 Å². The third-order valence-electron chi connectivity index (χ3n) is 4.28. The van der Waals surface area contributed by atoms with E-state index >= 15 is 0 Å². The maximum Gasteiger partial charge on any atom is 0.287 e. The Kier molecular flexibility index (Phi) is 3.72. The molecule has 1 N–H and O–H groups in total. The van der Waals surface area contributed by atoms with Crippen LogP contribution in [0.2, 0.25) is 0 Å². The van der Waals surface area contributed by atoms with E-state index in [4.69, 9.17) is 9.15 Å². The number of hydrogen-bond acceptors (Lipinski definition) is 4. The fourth-order valence-corrected chi connectivity index (χ4v) is 2.90. The van der Waals surface area contributed by atoms with Crippen LogP contribution in [0, 0.1) is 0 Å². The van der Waals surface area contributed by atoms with Gasteiger partial charge in [-0.1, -0.05) is 12.1 Å². The lowest BCUT2D eigenvalue weighted by atomic mass is 10.2. The number of amides is 1. The van der Waals surface area contributed by atoms with E-state index in [9.17, 15) is 4.79 Å². The quantitative estimate of drug-likeness (QED) is 0.756. The normalized spacial score (nSPS) is 14.0. The summed E-state index contributed by atoms with van der Waals surface area (Å²) in [6.07, 6.45) is 6.21. The Morgan fingerprint density at radius 3 is 3.12 bits per heavy atom. The molecule has 4 rings (SSSR count). The molecule has 0 spiro atoms. The summed E-state index contributed by atoms with van der Waals surface area (Å²) in [5.74, 6) is 2.42. The van der Waals surface area contributed by atoms with E-state index < -0.39 is 0 Å². The summed E-state index contributed by atoms with van der Waals surface area (Å²) in [4.78, 5) is 16.7. The number of nitrogens with zero attached hydrogens (tertiary/aromatic N) is 2. The topological polar surface area (TPSA) is 69.3 Å². The molecule has 2 aromatic heterocycles. The van der Waals surface area contributed by atoms with Gasteiger partial charge >= 0.3 is 0 Å². The molecule has 3 aromatic rings. The van der Waals surface area contributed by atoms with E-state index in [1.54, 1.807) is 13.2 Å². The lowest BCUT2D eigenvalue weighted by molar-refractivity contribution is 0.0926. The minimum atomic E-state index is -0.221. The number of nitrogens with one attached hydrogen (secondary N) is 1. The zero-order valence-electron chi connectivity index (χ0n) is 13.5. The monoisotopic (exact) mass is 325 g/mol. The van der Waals surface area contributed by atoms with Crippen LogP contribution in [-0.4, -0.2) is 29.1 Å². The molecule has 0 unspecified atom stereocenters. The number of fused-ring (bicyclic) bond motifs is 1. The van der Waals surface area contributed by atoms with E-state index in [0.29, 0.717) is 36.1 Å². The molecule has 6 nitrogen and oxygen atoms in total. The van der Waals surface area contributed by atoms with Gasteiger partial charge in [0, 0.05) is 36.8 Å². The minimum Gasteiger partial charge on any atom is -0.493 e. The number of aromatic nitrogens is 2. The van der Waals surface area contributed by atoms with Gasteiger partial charge in [-0.2, -0.15) is 0 Å². The molecule has 1 amide bonds. The van der Waals surface area contributed by atoms with E-state index in [-0.39, 0.29) is 5.91 Å². The largest absolute Gasteiger partial charge is 0.493 e. The molecule has 1 fully saturated rings. The van der Waals surface area contributed by atoms with Crippen LogP contribution in [0.5, 0.6) is 5.75 Å². The first-order chi connectivity index (χ1) is 11.8. The number of methoxy groups -OCH3 is 1. The third kappa shape index (κ3) is 2.75. The average molecular weight is 325 g/mol. The van der Waals surface area contributed by atoms with Crippen molar-refractivity contribution in [1.29, 1.82) is 0 Å². The number of imidazole rings is 1. The molecule has 124 valence electrons. The first-order valence-electron chi connectivity index (χ1n) is 8.12. The number of carbonyl (C=O) groups is 1. The first kappa shape index (κ1) is 14.8. The molecular formula is C18H19N3O3. The molecule has 0 saturated heterocycles. The fraction of sp³-hybridized carbons (Fsp3) is 0.333. The Labute approximate surface area is 139 Å². The van der Waals surface area contributed by atoms with Crippen LogP contribution in [0.3, 0.4) is 0 Å². The Bertz CT molecular complexity index is 877. The summed E-state index contributed by atoms with van der Waals surface area (Å²) in [6.45, 7) is 1.24. The Hall–Kier alpha value is -2.76. The van der Waals surface area contributed by atoms with Gasteiger partial charge in [0.25, 0.3) is 5.91 Å². The maximum absolute atomic E-state index is 12.3. The number of furan rings is 1. The number of ether oxygens (including phenoxy) is 1. The van der Waals surface area contributed by atoms with E-state index in [0.717, 1.165) is 11.2 Å². The fourth-order valence-electron chi connectivity index (χ4n) is 2.90. The summed E-state index contributed by atoms with van der Waals surface area (Å²) in [5, 5.41) is 3.75. The second-order valence-electron chi connectivity index (χ2n) is 6.00. The van der Waals surface area contributed by atoms with Gasteiger partial charge < -0.3 is 19.0 Å². The molecule has 1 aromatic carbocycles. The van der Waals surface area contributed by atoms with Gasteiger partial charge in [-0.3, -0.25) is 4.79 Å². The number of benzene rings is 1. The van der Waals surface area contributed by atoms with Crippen molar-refractivity contribution >= 4 is 16.9 Å². The van der Waals surface area contributed by atoms with Crippen LogP contribution in [0.1, 0.15) is 35.1 Å². The summed E-state index contributed by atoms with van der Waals surface area (Å²) < 4.78 is 13.0. The van der Waals surface area contributed by atoms with Crippen molar-refractivity contribution in [1.82, 2.24) is 14.9 Å². The third-order valence-corrected chi connectivity index (χ3v) is 4.28. The Morgan fingerprint density at radius 2 is 2.33 bits per heavy atom. The predicted molar refractivity (Wildman–Crippen MR) is 89.3 cm³/mol. The maximum atomic E-state index is 12.3. The number of hydrogen-bond donors (Lipinski definition) is 1. The molecule has 0 radical (unpaired) electrons. The van der Waals surface area contributed by atoms with Crippen LogP contribution < -0.4 is 10.1 Å². The molecular weight excluding hydrogens is 306 g/mol. The highest BCUT2D eigenvalue weighted by molar-refractivity contribution is 5.97. The van der Waals surface area contributed by atoms with Gasteiger partial charge in [-0.25, -0.2) is 4.98 Å². The van der Waals surface area contributed by atoms with Gasteiger partial charge in [-0.15, -0.1) is 0 Å². The van der Waals surface area contributed by atoms with E-state index in [1.165, 1.54) is 12.8 Å². The SMILES string of the molecule is COc1cccc2cc(C(=O)NCCn3ccnc3C3CC3)oc12. The van der Waals surface area contributed by atoms with Crippen LogP contribution in [0.25, 0.3) is 11.0 Å². The summed E-state index contributed by atoms with van der Waals surface area (Å²) in [5.41, 5.74) is 0.593. The van der Waals surface area contributed by atoms with Crippen molar-refractivity contribution in [2.45, 2.75) is 25.3 Å². The van der Waals surface area contributed by atoms with Gasteiger partial charge in [-0.05, 0) is 25.0 Å². The zero-order valence-corrected chi connectivity index (χ0v) is 13.5. The highest BCUT2D eigenvalue weighted by Gasteiger charge is 2.27. The Morgan fingerprint density at radius 1 is 1.46 bits per heavy atom. The van der Waals surface area contributed by atoms with Crippen molar-refractivity contribution in [2.75, 3.05) is 13.7 Å². The molecule has 1 saturated carbocycles. The van der Waals surface area contributed by atoms with Crippen LogP contribution in [-0.2, 0) is 6.54 Å². The van der Waals surface area contributed by atoms with Crippen molar-refractivity contribution in [2.24, 2.45) is 0 Å². The average Bonchev–Trinajstić information content (AvgIpc) is 3.17. The minimum absolute atomic E-state index is 0.221. The van der Waals surface area contributed by atoms with Crippen LogP contribution in [0.15, 0.2) is 41.1 Å². The lowest BCUT2D eigenvalue weighted by Gasteiger charge is -2.07. The molecule has 0 bridgehead atoms. The molecule has 2 heterocycles. The van der Waals surface area contributed by atoms with E-state index in [1.807, 2.05) is 30.6 Å². The highest BCUT2D eigenvalue weighted by Crippen LogP contribution is 2.38. The van der Waals surface area contributed by atoms with Gasteiger partial charge in [0.1, 0.15) is 5.82 Å². The van der Waals surface area contributed by atoms with Crippen molar-refractivity contribution in [3.05, 3.63) is 48.2 Å². The Balaban J connectivity index is 1.42. The zero-order chi connectivity index (χ0) is 16.5. The summed E-state index contributed by atoms with van der Waals surface area (Å²) in [6, 6.07) is 7.31. The van der Waals surface area contributed by atoms with Crippen molar-refractivity contribution in [3.8, 4) is 5.75 Å². The lowest BCUT2D eigenvalue weighted by Crippen LogP contribution is -2.27. The standard InChI is InChI=1S/C18H19N3O3/c1-23-14-4-2-3-13-11-15(24-16(13)14)18(22)20-8-10-21-9-7-19-17(21)12-5-6-12/h2-4,7,9,11-12H,5-6,8,10H2,1H3,(H,20,22).